The largest absolute Gasteiger partial charge is 0.304 e. The molecular formula is C16H20FN3. The molecule has 1 aliphatic rings. The molecule has 2 heterocycles. The van der Waals surface area contributed by atoms with Crippen LogP contribution in [0.15, 0.2) is 30.5 Å². The first-order valence-electron chi connectivity index (χ1n) is 7.10. The Bertz CT molecular complexity index is 614. The Kier molecular flexibility index (Phi) is 3.68. The van der Waals surface area contributed by atoms with E-state index in [0.29, 0.717) is 11.4 Å². The van der Waals surface area contributed by atoms with Gasteiger partial charge in [0.2, 0.25) is 0 Å². The number of likely N-dealkylation sites (N-methyl/N-ethyl adjacent to an activating group) is 1. The summed E-state index contributed by atoms with van der Waals surface area (Å²) in [4.78, 5) is 9.17. The zero-order chi connectivity index (χ0) is 14.1. The van der Waals surface area contributed by atoms with Gasteiger partial charge in [0.15, 0.2) is 0 Å². The average molecular weight is 273 g/mol. The molecule has 0 saturated carbocycles. The van der Waals surface area contributed by atoms with Crippen LogP contribution in [0.2, 0.25) is 0 Å². The molecule has 0 aliphatic carbocycles. The van der Waals surface area contributed by atoms with Gasteiger partial charge in [0.05, 0.1) is 5.52 Å². The van der Waals surface area contributed by atoms with Gasteiger partial charge in [0, 0.05) is 43.8 Å². The minimum atomic E-state index is -0.191. The maximum atomic E-state index is 13.8. The summed E-state index contributed by atoms with van der Waals surface area (Å²) in [5.41, 5.74) is 1.90. The summed E-state index contributed by atoms with van der Waals surface area (Å²) in [6.45, 7) is 6.28. The molecule has 0 radical (unpaired) electrons. The SMILES string of the molecule is CC1CN(C)CCN1Cc1ccc(F)c2cccnc12. The maximum Gasteiger partial charge on any atom is 0.132 e. The fraction of sp³-hybridized carbons (Fsp3) is 0.438. The lowest BCUT2D eigenvalue weighted by molar-refractivity contribution is 0.0941. The van der Waals surface area contributed by atoms with E-state index in [1.165, 1.54) is 0 Å². The summed E-state index contributed by atoms with van der Waals surface area (Å²) >= 11 is 0. The first kappa shape index (κ1) is 13.5. The van der Waals surface area contributed by atoms with Crippen LogP contribution < -0.4 is 0 Å². The van der Waals surface area contributed by atoms with E-state index < -0.39 is 0 Å². The summed E-state index contributed by atoms with van der Waals surface area (Å²) in [6, 6.07) is 7.52. The summed E-state index contributed by atoms with van der Waals surface area (Å²) < 4.78 is 13.8. The lowest BCUT2D eigenvalue weighted by Crippen LogP contribution is -2.49. The van der Waals surface area contributed by atoms with Crippen LogP contribution >= 0.6 is 0 Å². The number of halogens is 1. The van der Waals surface area contributed by atoms with Crippen molar-refractivity contribution in [3.63, 3.8) is 0 Å². The van der Waals surface area contributed by atoms with Gasteiger partial charge in [-0.25, -0.2) is 4.39 Å². The molecule has 1 aromatic heterocycles. The Morgan fingerprint density at radius 2 is 2.15 bits per heavy atom. The number of pyridine rings is 1. The topological polar surface area (TPSA) is 19.4 Å². The second kappa shape index (κ2) is 5.46. The van der Waals surface area contributed by atoms with Gasteiger partial charge in [0.1, 0.15) is 5.82 Å². The number of piperazine rings is 1. The van der Waals surface area contributed by atoms with E-state index in [2.05, 4.69) is 28.8 Å². The normalized spacial score (nSPS) is 21.4. The number of aromatic nitrogens is 1. The third-order valence-corrected chi connectivity index (χ3v) is 4.14. The van der Waals surface area contributed by atoms with Crippen LogP contribution in [-0.4, -0.2) is 47.5 Å². The molecule has 0 N–H and O–H groups in total. The molecule has 3 rings (SSSR count). The van der Waals surface area contributed by atoms with Gasteiger partial charge in [-0.05, 0) is 37.7 Å². The first-order chi connectivity index (χ1) is 9.65. The van der Waals surface area contributed by atoms with Crippen molar-refractivity contribution < 1.29 is 4.39 Å². The summed E-state index contributed by atoms with van der Waals surface area (Å²) in [5, 5.41) is 0.617. The molecule has 20 heavy (non-hydrogen) atoms. The van der Waals surface area contributed by atoms with Crippen molar-refractivity contribution in [3.8, 4) is 0 Å². The van der Waals surface area contributed by atoms with Crippen molar-refractivity contribution in [2.24, 2.45) is 0 Å². The quantitative estimate of drug-likeness (QED) is 0.838. The van der Waals surface area contributed by atoms with Crippen LogP contribution in [0.1, 0.15) is 12.5 Å². The molecule has 1 aliphatic heterocycles. The molecule has 0 bridgehead atoms. The highest BCUT2D eigenvalue weighted by Gasteiger charge is 2.22. The van der Waals surface area contributed by atoms with Crippen molar-refractivity contribution in [2.75, 3.05) is 26.7 Å². The smallest absolute Gasteiger partial charge is 0.132 e. The van der Waals surface area contributed by atoms with Gasteiger partial charge in [0.25, 0.3) is 0 Å². The second-order valence-corrected chi connectivity index (χ2v) is 5.69. The predicted molar refractivity (Wildman–Crippen MR) is 79.1 cm³/mol. The lowest BCUT2D eigenvalue weighted by atomic mass is 10.1. The van der Waals surface area contributed by atoms with E-state index in [4.69, 9.17) is 0 Å². The molecule has 2 aromatic rings. The minimum Gasteiger partial charge on any atom is -0.304 e. The Morgan fingerprint density at radius 3 is 2.95 bits per heavy atom. The van der Waals surface area contributed by atoms with Crippen molar-refractivity contribution in [3.05, 3.63) is 41.8 Å². The zero-order valence-electron chi connectivity index (χ0n) is 12.0. The van der Waals surface area contributed by atoms with Crippen molar-refractivity contribution in [1.82, 2.24) is 14.8 Å². The standard InChI is InChI=1S/C16H20FN3/c1-12-10-19(2)8-9-20(12)11-13-5-6-15(17)14-4-3-7-18-16(13)14/h3-7,12H,8-11H2,1-2H3. The van der Waals surface area contributed by atoms with E-state index in [1.54, 1.807) is 24.4 Å². The van der Waals surface area contributed by atoms with E-state index >= 15 is 0 Å². The molecule has 1 fully saturated rings. The van der Waals surface area contributed by atoms with Crippen LogP contribution in [0.25, 0.3) is 10.9 Å². The van der Waals surface area contributed by atoms with E-state index in [1.807, 2.05) is 6.07 Å². The van der Waals surface area contributed by atoms with Gasteiger partial charge in [-0.3, -0.25) is 9.88 Å². The van der Waals surface area contributed by atoms with Gasteiger partial charge >= 0.3 is 0 Å². The van der Waals surface area contributed by atoms with Crippen molar-refractivity contribution in [2.45, 2.75) is 19.5 Å². The van der Waals surface area contributed by atoms with Gasteiger partial charge < -0.3 is 4.90 Å². The van der Waals surface area contributed by atoms with Crippen LogP contribution in [0.3, 0.4) is 0 Å². The third kappa shape index (κ3) is 2.53. The van der Waals surface area contributed by atoms with Crippen LogP contribution in [0.5, 0.6) is 0 Å². The van der Waals surface area contributed by atoms with Crippen LogP contribution in [-0.2, 0) is 6.54 Å². The molecular weight excluding hydrogens is 253 g/mol. The van der Waals surface area contributed by atoms with Gasteiger partial charge in [-0.1, -0.05) is 6.07 Å². The maximum absolute atomic E-state index is 13.8. The number of hydrogen-bond donors (Lipinski definition) is 0. The molecule has 1 unspecified atom stereocenters. The zero-order valence-corrected chi connectivity index (χ0v) is 12.0. The van der Waals surface area contributed by atoms with E-state index in [0.717, 1.165) is 37.3 Å². The predicted octanol–water partition coefficient (Wildman–Crippen LogP) is 2.51. The second-order valence-electron chi connectivity index (χ2n) is 5.69. The molecule has 1 saturated heterocycles. The molecule has 1 atom stereocenters. The minimum absolute atomic E-state index is 0.191. The van der Waals surface area contributed by atoms with Crippen molar-refractivity contribution in [1.29, 1.82) is 0 Å². The van der Waals surface area contributed by atoms with E-state index in [9.17, 15) is 4.39 Å². The number of nitrogens with zero attached hydrogens (tertiary/aromatic N) is 3. The van der Waals surface area contributed by atoms with E-state index in [-0.39, 0.29) is 5.82 Å². The van der Waals surface area contributed by atoms with Crippen LogP contribution in [0.4, 0.5) is 4.39 Å². The highest BCUT2D eigenvalue weighted by Crippen LogP contribution is 2.22. The Morgan fingerprint density at radius 1 is 1.30 bits per heavy atom. The third-order valence-electron chi connectivity index (χ3n) is 4.14. The lowest BCUT2D eigenvalue weighted by Gasteiger charge is -2.38. The number of rotatable bonds is 2. The highest BCUT2D eigenvalue weighted by atomic mass is 19.1. The van der Waals surface area contributed by atoms with Gasteiger partial charge in [-0.2, -0.15) is 0 Å². The average Bonchev–Trinajstić information content (AvgIpc) is 2.45. The molecule has 0 spiro atoms. The first-order valence-corrected chi connectivity index (χ1v) is 7.10. The Balaban J connectivity index is 1.90. The van der Waals surface area contributed by atoms with Gasteiger partial charge in [-0.15, -0.1) is 0 Å². The fourth-order valence-corrected chi connectivity index (χ4v) is 2.96. The summed E-state index contributed by atoms with van der Waals surface area (Å²) in [7, 11) is 2.16. The highest BCUT2D eigenvalue weighted by molar-refractivity contribution is 5.82. The fourth-order valence-electron chi connectivity index (χ4n) is 2.96. The van der Waals surface area contributed by atoms with Crippen molar-refractivity contribution >= 4 is 10.9 Å². The number of benzene rings is 1. The molecule has 106 valence electrons. The number of fused-ring (bicyclic) bond motifs is 1. The Labute approximate surface area is 119 Å². The monoisotopic (exact) mass is 273 g/mol. The molecule has 0 amide bonds. The van der Waals surface area contributed by atoms with Crippen LogP contribution in [0, 0.1) is 5.82 Å². The summed E-state index contributed by atoms with van der Waals surface area (Å²) in [5.74, 6) is -0.191. The number of hydrogen-bond acceptors (Lipinski definition) is 3. The molecule has 3 nitrogen and oxygen atoms in total. The Hall–Kier alpha value is -1.52. The molecule has 1 aromatic carbocycles. The molecule has 4 heteroatoms. The summed E-state index contributed by atoms with van der Waals surface area (Å²) in [6.07, 6.45) is 1.73.